The van der Waals surface area contributed by atoms with E-state index in [2.05, 4.69) is 0 Å². The Balaban J connectivity index is 2.61. The van der Waals surface area contributed by atoms with Crippen molar-refractivity contribution in [3.8, 4) is 0 Å². The minimum Gasteiger partial charge on any atom is -0.481 e. The Morgan fingerprint density at radius 2 is 2.25 bits per heavy atom. The molecule has 0 aliphatic heterocycles. The van der Waals surface area contributed by atoms with Crippen LogP contribution in [0, 0.1) is 5.82 Å². The highest BCUT2D eigenvalue weighted by Gasteiger charge is 2.08. The molecule has 0 bridgehead atoms. The van der Waals surface area contributed by atoms with Gasteiger partial charge in [-0.05, 0) is 24.6 Å². The number of benzene rings is 1. The Kier molecular flexibility index (Phi) is 4.55. The van der Waals surface area contributed by atoms with Crippen molar-refractivity contribution in [1.29, 1.82) is 0 Å². The molecule has 0 atom stereocenters. The van der Waals surface area contributed by atoms with Crippen LogP contribution in [0.15, 0.2) is 18.2 Å². The highest BCUT2D eigenvalue weighted by molar-refractivity contribution is 6.30. The number of nitrogens with zero attached hydrogens (tertiary/aromatic N) is 1. The van der Waals surface area contributed by atoms with Crippen molar-refractivity contribution in [2.75, 3.05) is 18.5 Å². The number of aliphatic carboxylic acids is 1. The van der Waals surface area contributed by atoms with Crippen LogP contribution in [0.3, 0.4) is 0 Å². The average Bonchev–Trinajstić information content (AvgIpc) is 2.21. The maximum atomic E-state index is 13.4. The van der Waals surface area contributed by atoms with Gasteiger partial charge in [0.05, 0.1) is 5.69 Å². The number of carboxylic acid groups (broad SMARTS) is 1. The summed E-state index contributed by atoms with van der Waals surface area (Å²) in [6, 6.07) is 4.30. The first-order valence-corrected chi connectivity index (χ1v) is 5.26. The van der Waals surface area contributed by atoms with Gasteiger partial charge in [-0.2, -0.15) is 0 Å². The van der Waals surface area contributed by atoms with Crippen molar-refractivity contribution in [2.45, 2.75) is 12.8 Å². The van der Waals surface area contributed by atoms with Gasteiger partial charge >= 0.3 is 5.97 Å². The SMILES string of the molecule is CN(CCCC(=O)O)c1cc(Cl)ccc1F. The molecule has 0 radical (unpaired) electrons. The van der Waals surface area contributed by atoms with Crippen LogP contribution in [-0.2, 0) is 4.79 Å². The molecule has 0 aromatic heterocycles. The molecule has 0 spiro atoms. The molecule has 1 aromatic carbocycles. The normalized spacial score (nSPS) is 10.2. The molecule has 1 aromatic rings. The number of hydrogen-bond acceptors (Lipinski definition) is 2. The zero-order valence-corrected chi connectivity index (χ0v) is 9.67. The lowest BCUT2D eigenvalue weighted by molar-refractivity contribution is -0.137. The summed E-state index contributed by atoms with van der Waals surface area (Å²) in [6.07, 6.45) is 0.546. The highest BCUT2D eigenvalue weighted by Crippen LogP contribution is 2.22. The van der Waals surface area contributed by atoms with E-state index in [-0.39, 0.29) is 12.2 Å². The second-order valence-electron chi connectivity index (χ2n) is 3.51. The van der Waals surface area contributed by atoms with E-state index in [1.165, 1.54) is 18.2 Å². The summed E-state index contributed by atoms with van der Waals surface area (Å²) in [4.78, 5) is 12.0. The largest absolute Gasteiger partial charge is 0.481 e. The van der Waals surface area contributed by atoms with Crippen LogP contribution >= 0.6 is 11.6 Å². The van der Waals surface area contributed by atoms with Gasteiger partial charge in [0.1, 0.15) is 5.82 Å². The lowest BCUT2D eigenvalue weighted by atomic mass is 10.2. The summed E-state index contributed by atoms with van der Waals surface area (Å²) in [5.74, 6) is -1.21. The third kappa shape index (κ3) is 3.70. The fraction of sp³-hybridized carbons (Fsp3) is 0.364. The molecule has 0 heterocycles. The van der Waals surface area contributed by atoms with Gasteiger partial charge < -0.3 is 10.0 Å². The minimum atomic E-state index is -0.847. The molecule has 0 saturated heterocycles. The standard InChI is InChI=1S/C11H13ClFNO2/c1-14(6-2-3-11(15)16)10-7-8(12)4-5-9(10)13/h4-5,7H,2-3,6H2,1H3,(H,15,16). The molecule has 16 heavy (non-hydrogen) atoms. The second-order valence-corrected chi connectivity index (χ2v) is 3.95. The Labute approximate surface area is 98.4 Å². The molecular formula is C11H13ClFNO2. The zero-order valence-electron chi connectivity index (χ0n) is 8.91. The van der Waals surface area contributed by atoms with Gasteiger partial charge in [0.2, 0.25) is 0 Å². The molecule has 0 aliphatic rings. The predicted molar refractivity (Wildman–Crippen MR) is 61.5 cm³/mol. The molecule has 0 unspecified atom stereocenters. The third-order valence-corrected chi connectivity index (χ3v) is 2.44. The predicted octanol–water partition coefficient (Wildman–Crippen LogP) is 2.78. The first-order valence-electron chi connectivity index (χ1n) is 4.88. The Bertz CT molecular complexity index is 384. The number of anilines is 1. The second kappa shape index (κ2) is 5.70. The van der Waals surface area contributed by atoms with Crippen LogP contribution < -0.4 is 4.90 Å². The molecule has 0 saturated carbocycles. The van der Waals surface area contributed by atoms with Crippen LogP contribution in [0.4, 0.5) is 10.1 Å². The monoisotopic (exact) mass is 245 g/mol. The third-order valence-electron chi connectivity index (χ3n) is 2.20. The molecule has 0 aliphatic carbocycles. The van der Waals surface area contributed by atoms with Crippen LogP contribution in [0.5, 0.6) is 0 Å². The molecular weight excluding hydrogens is 233 g/mol. The maximum absolute atomic E-state index is 13.4. The molecule has 1 rings (SSSR count). The summed E-state index contributed by atoms with van der Waals surface area (Å²) in [6.45, 7) is 0.476. The molecule has 3 nitrogen and oxygen atoms in total. The molecule has 5 heteroatoms. The van der Waals surface area contributed by atoms with Gasteiger partial charge in [-0.25, -0.2) is 4.39 Å². The first kappa shape index (κ1) is 12.8. The van der Waals surface area contributed by atoms with E-state index in [0.29, 0.717) is 23.7 Å². The number of halogens is 2. The highest BCUT2D eigenvalue weighted by atomic mass is 35.5. The van der Waals surface area contributed by atoms with E-state index in [9.17, 15) is 9.18 Å². The lowest BCUT2D eigenvalue weighted by Gasteiger charge is -2.19. The van der Waals surface area contributed by atoms with Crippen LogP contribution in [0.25, 0.3) is 0 Å². The smallest absolute Gasteiger partial charge is 0.303 e. The topological polar surface area (TPSA) is 40.5 Å². The van der Waals surface area contributed by atoms with Crippen molar-refractivity contribution in [3.05, 3.63) is 29.0 Å². The lowest BCUT2D eigenvalue weighted by Crippen LogP contribution is -2.20. The molecule has 1 N–H and O–H groups in total. The number of carbonyl (C=O) groups is 1. The number of rotatable bonds is 5. The van der Waals surface area contributed by atoms with Crippen LogP contribution in [-0.4, -0.2) is 24.7 Å². The fourth-order valence-electron chi connectivity index (χ4n) is 1.37. The molecule has 0 amide bonds. The maximum Gasteiger partial charge on any atom is 0.303 e. The van der Waals surface area contributed by atoms with E-state index in [4.69, 9.17) is 16.7 Å². The van der Waals surface area contributed by atoms with E-state index >= 15 is 0 Å². The van der Waals surface area contributed by atoms with Crippen molar-refractivity contribution < 1.29 is 14.3 Å². The van der Waals surface area contributed by atoms with Gasteiger partial charge in [0.25, 0.3) is 0 Å². The van der Waals surface area contributed by atoms with Gasteiger partial charge in [0, 0.05) is 25.0 Å². The quantitative estimate of drug-likeness (QED) is 0.867. The van der Waals surface area contributed by atoms with E-state index in [1.807, 2.05) is 0 Å². The number of hydrogen-bond donors (Lipinski definition) is 1. The van der Waals surface area contributed by atoms with Crippen molar-refractivity contribution in [2.24, 2.45) is 0 Å². The van der Waals surface area contributed by atoms with Gasteiger partial charge in [0.15, 0.2) is 0 Å². The Morgan fingerprint density at radius 1 is 1.56 bits per heavy atom. The van der Waals surface area contributed by atoms with Gasteiger partial charge in [-0.1, -0.05) is 11.6 Å². The van der Waals surface area contributed by atoms with Crippen LogP contribution in [0.2, 0.25) is 5.02 Å². The summed E-state index contributed by atoms with van der Waals surface area (Å²) in [7, 11) is 1.70. The van der Waals surface area contributed by atoms with Crippen molar-refractivity contribution in [3.63, 3.8) is 0 Å². The average molecular weight is 246 g/mol. The summed E-state index contributed by atoms with van der Waals surface area (Å²) in [5, 5.41) is 8.94. The van der Waals surface area contributed by atoms with Gasteiger partial charge in [-0.3, -0.25) is 4.79 Å². The van der Waals surface area contributed by atoms with Crippen molar-refractivity contribution >= 4 is 23.3 Å². The first-order chi connectivity index (χ1) is 7.50. The van der Waals surface area contributed by atoms with E-state index < -0.39 is 5.97 Å². The summed E-state index contributed by atoms with van der Waals surface area (Å²) in [5.41, 5.74) is 0.387. The number of carboxylic acids is 1. The van der Waals surface area contributed by atoms with Gasteiger partial charge in [-0.15, -0.1) is 0 Å². The van der Waals surface area contributed by atoms with E-state index in [0.717, 1.165) is 0 Å². The Morgan fingerprint density at radius 3 is 2.88 bits per heavy atom. The van der Waals surface area contributed by atoms with Crippen LogP contribution in [0.1, 0.15) is 12.8 Å². The fourth-order valence-corrected chi connectivity index (χ4v) is 1.53. The molecule has 88 valence electrons. The minimum absolute atomic E-state index is 0.0759. The van der Waals surface area contributed by atoms with Crippen molar-refractivity contribution in [1.82, 2.24) is 0 Å². The zero-order chi connectivity index (χ0) is 12.1. The summed E-state index contributed by atoms with van der Waals surface area (Å²) < 4.78 is 13.4. The Hall–Kier alpha value is -1.29. The van der Waals surface area contributed by atoms with E-state index in [1.54, 1.807) is 11.9 Å². The molecule has 0 fully saturated rings. The summed E-state index contributed by atoms with van der Waals surface area (Å²) >= 11 is 5.76.